The molecule has 1 aromatic carbocycles. The molecule has 1 unspecified atom stereocenters. The van der Waals surface area contributed by atoms with Gasteiger partial charge in [0.1, 0.15) is 13.2 Å². The molecule has 8 nitrogen and oxygen atoms in total. The van der Waals surface area contributed by atoms with E-state index in [2.05, 4.69) is 4.74 Å². The van der Waals surface area contributed by atoms with E-state index in [1.54, 1.807) is 24.3 Å². The summed E-state index contributed by atoms with van der Waals surface area (Å²) in [5, 5.41) is 0. The third kappa shape index (κ3) is 7.26. The van der Waals surface area contributed by atoms with E-state index < -0.39 is 43.2 Å². The number of alkyl halides is 3. The van der Waals surface area contributed by atoms with Gasteiger partial charge in [-0.2, -0.15) is 13.2 Å². The summed E-state index contributed by atoms with van der Waals surface area (Å²) in [5.74, 6) is -1.51. The summed E-state index contributed by atoms with van der Waals surface area (Å²) in [6.45, 7) is -0.512. The summed E-state index contributed by atoms with van der Waals surface area (Å²) < 4.78 is 45.9. The molecule has 1 saturated heterocycles. The summed E-state index contributed by atoms with van der Waals surface area (Å²) in [7, 11) is 0. The van der Waals surface area contributed by atoms with Crippen LogP contribution in [0.25, 0.3) is 0 Å². The number of benzene rings is 1. The average molecular weight is 417 g/mol. The summed E-state index contributed by atoms with van der Waals surface area (Å²) in [6, 6.07) is 7.39. The van der Waals surface area contributed by atoms with Crippen molar-refractivity contribution in [3.63, 3.8) is 0 Å². The summed E-state index contributed by atoms with van der Waals surface area (Å²) >= 11 is 0. The standard InChI is InChI=1S/C18H22F3N3O5/c19-18(20,21)6-11-28-17(27)24-9-7-23(8-10-24)15(25)14(22)16(26)29-12-13-4-2-1-3-5-13/h1-5,14H,6-12,22H2. The number of esters is 1. The van der Waals surface area contributed by atoms with Crippen molar-refractivity contribution in [3.8, 4) is 0 Å². The fraction of sp³-hybridized carbons (Fsp3) is 0.500. The van der Waals surface area contributed by atoms with Crippen LogP contribution in [0.4, 0.5) is 18.0 Å². The fourth-order valence-corrected chi connectivity index (χ4v) is 2.57. The predicted octanol–water partition coefficient (Wildman–Crippen LogP) is 1.29. The molecule has 1 aliphatic heterocycles. The second-order valence-electron chi connectivity index (χ2n) is 6.36. The number of hydrogen-bond donors (Lipinski definition) is 1. The van der Waals surface area contributed by atoms with Gasteiger partial charge in [-0.15, -0.1) is 0 Å². The van der Waals surface area contributed by atoms with Crippen LogP contribution in [0.3, 0.4) is 0 Å². The topological polar surface area (TPSA) is 102 Å². The van der Waals surface area contributed by atoms with Crippen molar-refractivity contribution in [1.82, 2.24) is 9.80 Å². The molecule has 0 aromatic heterocycles. The van der Waals surface area contributed by atoms with Crippen molar-refractivity contribution < 1.29 is 37.0 Å². The molecule has 0 spiro atoms. The van der Waals surface area contributed by atoms with Crippen molar-refractivity contribution in [2.24, 2.45) is 5.73 Å². The zero-order valence-electron chi connectivity index (χ0n) is 15.6. The Hall–Kier alpha value is -2.82. The summed E-state index contributed by atoms with van der Waals surface area (Å²) in [6.07, 6.45) is -6.51. The van der Waals surface area contributed by atoms with Crippen LogP contribution in [0.15, 0.2) is 30.3 Å². The van der Waals surface area contributed by atoms with Gasteiger partial charge in [0.2, 0.25) is 0 Å². The van der Waals surface area contributed by atoms with Crippen LogP contribution in [0.1, 0.15) is 12.0 Å². The first kappa shape index (κ1) is 22.5. The van der Waals surface area contributed by atoms with Crippen molar-refractivity contribution in [1.29, 1.82) is 0 Å². The maximum Gasteiger partial charge on any atom is 0.409 e. The molecular weight excluding hydrogens is 395 g/mol. The quantitative estimate of drug-likeness (QED) is 0.553. The molecule has 2 rings (SSSR count). The maximum atomic E-state index is 12.4. The van der Waals surface area contributed by atoms with Crippen molar-refractivity contribution in [2.75, 3.05) is 32.8 Å². The predicted molar refractivity (Wildman–Crippen MR) is 94.4 cm³/mol. The average Bonchev–Trinajstić information content (AvgIpc) is 2.70. The highest BCUT2D eigenvalue weighted by atomic mass is 19.4. The highest BCUT2D eigenvalue weighted by Gasteiger charge is 2.32. The van der Waals surface area contributed by atoms with Crippen molar-refractivity contribution in [2.45, 2.75) is 25.2 Å². The smallest absolute Gasteiger partial charge is 0.409 e. The number of ether oxygens (including phenoxy) is 2. The molecule has 0 aliphatic carbocycles. The molecule has 1 heterocycles. The number of nitrogens with two attached hydrogens (primary N) is 1. The highest BCUT2D eigenvalue weighted by Crippen LogP contribution is 2.19. The Kier molecular flexibility index (Phi) is 7.82. The number of nitrogens with zero attached hydrogens (tertiary/aromatic N) is 2. The van der Waals surface area contributed by atoms with E-state index in [1.165, 1.54) is 9.80 Å². The Morgan fingerprint density at radius 3 is 2.17 bits per heavy atom. The van der Waals surface area contributed by atoms with Gasteiger partial charge in [-0.3, -0.25) is 4.79 Å². The van der Waals surface area contributed by atoms with Crippen LogP contribution < -0.4 is 5.73 Å². The lowest BCUT2D eigenvalue weighted by Crippen LogP contribution is -2.56. The molecule has 1 atom stereocenters. The van der Waals surface area contributed by atoms with E-state index in [0.29, 0.717) is 0 Å². The van der Waals surface area contributed by atoms with Crippen molar-refractivity contribution in [3.05, 3.63) is 35.9 Å². The van der Waals surface area contributed by atoms with Gasteiger partial charge in [-0.1, -0.05) is 30.3 Å². The van der Waals surface area contributed by atoms with Gasteiger partial charge in [-0.05, 0) is 5.56 Å². The van der Waals surface area contributed by atoms with Crippen LogP contribution in [0.2, 0.25) is 0 Å². The number of carbonyl (C=O) groups excluding carboxylic acids is 3. The van der Waals surface area contributed by atoms with Crippen LogP contribution in [0.5, 0.6) is 0 Å². The zero-order valence-corrected chi connectivity index (χ0v) is 15.6. The Labute approximate surface area is 165 Å². The lowest BCUT2D eigenvalue weighted by atomic mass is 10.2. The molecule has 160 valence electrons. The zero-order chi connectivity index (χ0) is 21.4. The minimum absolute atomic E-state index is 0.0157. The molecule has 0 bridgehead atoms. The molecule has 2 N–H and O–H groups in total. The molecule has 0 saturated carbocycles. The normalized spacial score (nSPS) is 15.6. The summed E-state index contributed by atoms with van der Waals surface area (Å²) in [4.78, 5) is 38.6. The first-order valence-electron chi connectivity index (χ1n) is 8.91. The van der Waals surface area contributed by atoms with Crippen LogP contribution >= 0.6 is 0 Å². The van der Waals surface area contributed by atoms with Gasteiger partial charge in [0.05, 0.1) is 6.42 Å². The Balaban J connectivity index is 1.74. The number of carbonyl (C=O) groups is 3. The van der Waals surface area contributed by atoms with E-state index in [9.17, 15) is 27.6 Å². The van der Waals surface area contributed by atoms with Crippen LogP contribution in [-0.4, -0.2) is 72.8 Å². The Bertz CT molecular complexity index is 706. The first-order valence-corrected chi connectivity index (χ1v) is 8.91. The van der Waals surface area contributed by atoms with Crippen LogP contribution in [-0.2, 0) is 25.7 Å². The third-order valence-corrected chi connectivity index (χ3v) is 4.20. The largest absolute Gasteiger partial charge is 0.459 e. The number of rotatable bonds is 6. The second kappa shape index (κ2) is 10.1. The van der Waals surface area contributed by atoms with Gasteiger partial charge >= 0.3 is 18.2 Å². The second-order valence-corrected chi connectivity index (χ2v) is 6.36. The van der Waals surface area contributed by atoms with E-state index in [1.807, 2.05) is 6.07 Å². The monoisotopic (exact) mass is 417 g/mol. The maximum absolute atomic E-state index is 12.4. The Morgan fingerprint density at radius 1 is 1.00 bits per heavy atom. The molecule has 1 aliphatic rings. The van der Waals surface area contributed by atoms with Gasteiger partial charge in [0, 0.05) is 26.2 Å². The fourth-order valence-electron chi connectivity index (χ4n) is 2.57. The van der Waals surface area contributed by atoms with E-state index in [4.69, 9.17) is 10.5 Å². The SMILES string of the molecule is NC(C(=O)OCc1ccccc1)C(=O)N1CCN(C(=O)OCCC(F)(F)F)CC1. The number of halogens is 3. The molecule has 1 fully saturated rings. The van der Waals surface area contributed by atoms with Crippen LogP contribution in [0, 0.1) is 0 Å². The molecule has 29 heavy (non-hydrogen) atoms. The molecular formula is C18H22F3N3O5. The Morgan fingerprint density at radius 2 is 1.59 bits per heavy atom. The minimum Gasteiger partial charge on any atom is -0.459 e. The molecule has 0 radical (unpaired) electrons. The van der Waals surface area contributed by atoms with E-state index >= 15 is 0 Å². The van der Waals surface area contributed by atoms with Gasteiger partial charge in [0.25, 0.3) is 5.91 Å². The molecule has 11 heteroatoms. The third-order valence-electron chi connectivity index (χ3n) is 4.20. The molecule has 1 aromatic rings. The number of piperazine rings is 1. The number of amides is 2. The van der Waals surface area contributed by atoms with Gasteiger partial charge in [0.15, 0.2) is 6.04 Å². The lowest BCUT2D eigenvalue weighted by Gasteiger charge is -2.34. The van der Waals surface area contributed by atoms with Gasteiger partial charge in [-0.25, -0.2) is 9.59 Å². The molecule has 2 amide bonds. The van der Waals surface area contributed by atoms with E-state index in [0.717, 1.165) is 5.56 Å². The lowest BCUT2D eigenvalue weighted by molar-refractivity contribution is -0.153. The van der Waals surface area contributed by atoms with Gasteiger partial charge < -0.3 is 25.0 Å². The number of hydrogen-bond acceptors (Lipinski definition) is 6. The first-order chi connectivity index (χ1) is 13.7. The highest BCUT2D eigenvalue weighted by molar-refractivity contribution is 6.01. The van der Waals surface area contributed by atoms with E-state index in [-0.39, 0.29) is 32.8 Å². The minimum atomic E-state index is -4.41. The van der Waals surface area contributed by atoms with Crippen molar-refractivity contribution >= 4 is 18.0 Å². The summed E-state index contributed by atoms with van der Waals surface area (Å²) in [5.41, 5.74) is 6.43.